The van der Waals surface area contributed by atoms with Crippen LogP contribution in [0.4, 0.5) is 5.69 Å². The maximum absolute atomic E-state index is 12.7. The van der Waals surface area contributed by atoms with Crippen LogP contribution >= 0.6 is 23.4 Å². The topological polar surface area (TPSA) is 42.0 Å². The first-order chi connectivity index (χ1) is 12.9. The summed E-state index contributed by atoms with van der Waals surface area (Å²) < 4.78 is 0. The molecule has 3 rings (SSSR count). The molecular weight excluding hydrogens is 376 g/mol. The van der Waals surface area contributed by atoms with Crippen LogP contribution in [-0.4, -0.2) is 16.1 Å². The van der Waals surface area contributed by atoms with Crippen molar-refractivity contribution in [3.8, 4) is 0 Å². The number of aromatic nitrogens is 1. The van der Waals surface area contributed by atoms with Gasteiger partial charge in [0.25, 0.3) is 0 Å². The van der Waals surface area contributed by atoms with Crippen LogP contribution in [-0.2, 0) is 4.79 Å². The molecule has 1 amide bonds. The number of amides is 1. The van der Waals surface area contributed by atoms with Gasteiger partial charge in [0.15, 0.2) is 0 Å². The third kappa shape index (κ3) is 4.45. The molecule has 1 heterocycles. The van der Waals surface area contributed by atoms with Gasteiger partial charge >= 0.3 is 0 Å². The number of hydrogen-bond acceptors (Lipinski definition) is 3. The quantitative estimate of drug-likeness (QED) is 0.511. The Bertz CT molecular complexity index is 1000. The summed E-state index contributed by atoms with van der Waals surface area (Å²) in [6.45, 7) is 8.28. The van der Waals surface area contributed by atoms with E-state index in [2.05, 4.69) is 44.3 Å². The van der Waals surface area contributed by atoms with Gasteiger partial charge in [0, 0.05) is 5.39 Å². The fourth-order valence-electron chi connectivity index (χ4n) is 3.12. The summed E-state index contributed by atoms with van der Waals surface area (Å²) in [7, 11) is 0. The monoisotopic (exact) mass is 398 g/mol. The first kappa shape index (κ1) is 19.7. The molecule has 1 unspecified atom stereocenters. The van der Waals surface area contributed by atoms with Crippen molar-refractivity contribution in [3.63, 3.8) is 0 Å². The molecule has 0 spiro atoms. The summed E-state index contributed by atoms with van der Waals surface area (Å²) in [6.07, 6.45) is 0.701. The number of pyridine rings is 1. The smallest absolute Gasteiger partial charge is 0.237 e. The van der Waals surface area contributed by atoms with Gasteiger partial charge in [0.05, 0.1) is 26.5 Å². The fraction of sp³-hybridized carbons (Fsp3) is 0.273. The molecule has 140 valence electrons. The zero-order chi connectivity index (χ0) is 19.6. The SMILES string of the molecule is CCC(Sc1cc(C)c2cc(C)cc(C)c2n1)C(=O)Nc1ccccc1Cl. The highest BCUT2D eigenvalue weighted by Crippen LogP contribution is 2.31. The second-order valence-corrected chi connectivity index (χ2v) is 8.37. The summed E-state index contributed by atoms with van der Waals surface area (Å²) in [4.78, 5) is 17.6. The van der Waals surface area contributed by atoms with Crippen molar-refractivity contribution in [1.82, 2.24) is 4.98 Å². The van der Waals surface area contributed by atoms with Crippen molar-refractivity contribution in [2.75, 3.05) is 5.32 Å². The molecule has 3 nitrogen and oxygen atoms in total. The molecule has 0 aliphatic carbocycles. The lowest BCUT2D eigenvalue weighted by molar-refractivity contribution is -0.115. The molecule has 5 heteroatoms. The molecule has 0 saturated heterocycles. The van der Waals surface area contributed by atoms with Crippen molar-refractivity contribution in [2.24, 2.45) is 0 Å². The molecule has 0 fully saturated rings. The number of carbonyl (C=O) groups is 1. The zero-order valence-electron chi connectivity index (χ0n) is 16.0. The largest absolute Gasteiger partial charge is 0.324 e. The van der Waals surface area contributed by atoms with E-state index in [1.54, 1.807) is 6.07 Å². The maximum Gasteiger partial charge on any atom is 0.237 e. The summed E-state index contributed by atoms with van der Waals surface area (Å²) in [5, 5.41) is 5.27. The number of fused-ring (bicyclic) bond motifs is 1. The Morgan fingerprint density at radius 2 is 1.89 bits per heavy atom. The molecule has 1 aromatic heterocycles. The van der Waals surface area contributed by atoms with Gasteiger partial charge in [-0.05, 0) is 62.6 Å². The van der Waals surface area contributed by atoms with Crippen LogP contribution in [0.25, 0.3) is 10.9 Å². The molecule has 1 atom stereocenters. The Morgan fingerprint density at radius 1 is 1.15 bits per heavy atom. The number of rotatable bonds is 5. The number of nitrogens with zero attached hydrogens (tertiary/aromatic N) is 1. The third-order valence-corrected chi connectivity index (χ3v) is 6.10. The maximum atomic E-state index is 12.7. The molecule has 1 N–H and O–H groups in total. The van der Waals surface area contributed by atoms with E-state index >= 15 is 0 Å². The summed E-state index contributed by atoms with van der Waals surface area (Å²) in [5.74, 6) is -0.0595. The fourth-order valence-corrected chi connectivity index (χ4v) is 4.31. The number of hydrogen-bond donors (Lipinski definition) is 1. The number of para-hydroxylation sites is 1. The Balaban J connectivity index is 1.86. The number of halogens is 1. The first-order valence-corrected chi connectivity index (χ1v) is 10.3. The number of anilines is 1. The van der Waals surface area contributed by atoms with Crippen LogP contribution in [0.2, 0.25) is 5.02 Å². The average molecular weight is 399 g/mol. The lowest BCUT2D eigenvalue weighted by Crippen LogP contribution is -2.24. The van der Waals surface area contributed by atoms with E-state index in [-0.39, 0.29) is 11.2 Å². The Labute approximate surface area is 169 Å². The number of aryl methyl sites for hydroxylation is 3. The van der Waals surface area contributed by atoms with Gasteiger partial charge in [0.1, 0.15) is 0 Å². The molecule has 0 aliphatic rings. The van der Waals surface area contributed by atoms with E-state index < -0.39 is 0 Å². The van der Waals surface area contributed by atoms with E-state index in [1.807, 2.05) is 25.1 Å². The number of benzene rings is 2. The van der Waals surface area contributed by atoms with Gasteiger partial charge in [-0.1, -0.05) is 54.0 Å². The van der Waals surface area contributed by atoms with Gasteiger partial charge < -0.3 is 5.32 Å². The third-order valence-electron chi connectivity index (χ3n) is 4.49. The molecule has 3 aromatic rings. The van der Waals surface area contributed by atoms with Crippen LogP contribution in [0.3, 0.4) is 0 Å². The molecule has 27 heavy (non-hydrogen) atoms. The normalized spacial score (nSPS) is 12.2. The lowest BCUT2D eigenvalue weighted by Gasteiger charge is -2.16. The molecule has 0 saturated carbocycles. The van der Waals surface area contributed by atoms with Gasteiger partial charge in [-0.2, -0.15) is 0 Å². The molecule has 0 bridgehead atoms. The van der Waals surface area contributed by atoms with Crippen LogP contribution in [0.15, 0.2) is 47.5 Å². The van der Waals surface area contributed by atoms with Gasteiger partial charge in [-0.3, -0.25) is 4.79 Å². The van der Waals surface area contributed by atoms with E-state index in [9.17, 15) is 4.79 Å². The predicted molar refractivity (Wildman–Crippen MR) is 116 cm³/mol. The van der Waals surface area contributed by atoms with Crippen molar-refractivity contribution < 1.29 is 4.79 Å². The van der Waals surface area contributed by atoms with Gasteiger partial charge in [-0.15, -0.1) is 0 Å². The van der Waals surface area contributed by atoms with E-state index in [0.29, 0.717) is 17.1 Å². The van der Waals surface area contributed by atoms with E-state index in [1.165, 1.54) is 28.3 Å². The van der Waals surface area contributed by atoms with Crippen molar-refractivity contribution >= 4 is 45.9 Å². The highest BCUT2D eigenvalue weighted by molar-refractivity contribution is 8.00. The van der Waals surface area contributed by atoms with Crippen LogP contribution in [0, 0.1) is 20.8 Å². The molecule has 0 radical (unpaired) electrons. The first-order valence-electron chi connectivity index (χ1n) is 8.99. The van der Waals surface area contributed by atoms with E-state index in [4.69, 9.17) is 16.6 Å². The standard InChI is InChI=1S/C22H23ClN2OS/c1-5-19(22(26)24-18-9-7-6-8-17(18)23)27-20-12-14(3)16-11-13(2)10-15(4)21(16)25-20/h6-12,19H,5H2,1-4H3,(H,24,26). The zero-order valence-corrected chi connectivity index (χ0v) is 17.5. The van der Waals surface area contributed by atoms with Crippen LogP contribution in [0.1, 0.15) is 30.0 Å². The second kappa shape index (κ2) is 8.32. The minimum atomic E-state index is -0.239. The van der Waals surface area contributed by atoms with Crippen LogP contribution in [0.5, 0.6) is 0 Å². The highest BCUT2D eigenvalue weighted by Gasteiger charge is 2.20. The minimum absolute atomic E-state index is 0.0595. The van der Waals surface area contributed by atoms with Crippen molar-refractivity contribution in [3.05, 3.63) is 64.2 Å². The number of nitrogens with one attached hydrogen (secondary N) is 1. The lowest BCUT2D eigenvalue weighted by atomic mass is 10.0. The van der Waals surface area contributed by atoms with Crippen LogP contribution < -0.4 is 5.32 Å². The Hall–Kier alpha value is -2.04. The van der Waals surface area contributed by atoms with Gasteiger partial charge in [-0.25, -0.2) is 4.98 Å². The number of carbonyl (C=O) groups excluding carboxylic acids is 1. The van der Waals surface area contributed by atoms with Crippen molar-refractivity contribution in [2.45, 2.75) is 44.4 Å². The second-order valence-electron chi connectivity index (χ2n) is 6.74. The summed E-state index contributed by atoms with van der Waals surface area (Å²) in [5.41, 5.74) is 5.21. The minimum Gasteiger partial charge on any atom is -0.324 e. The molecule has 0 aliphatic heterocycles. The highest BCUT2D eigenvalue weighted by atomic mass is 35.5. The predicted octanol–water partition coefficient (Wildman–Crippen LogP) is 6.32. The molecular formula is C22H23ClN2OS. The average Bonchev–Trinajstić information content (AvgIpc) is 2.62. The number of thioether (sulfide) groups is 1. The summed E-state index contributed by atoms with van der Waals surface area (Å²) in [6, 6.07) is 13.7. The van der Waals surface area contributed by atoms with E-state index in [0.717, 1.165) is 16.1 Å². The summed E-state index contributed by atoms with van der Waals surface area (Å²) >= 11 is 7.66. The Morgan fingerprint density at radius 3 is 2.59 bits per heavy atom. The van der Waals surface area contributed by atoms with Gasteiger partial charge in [0.2, 0.25) is 5.91 Å². The van der Waals surface area contributed by atoms with Crippen molar-refractivity contribution in [1.29, 1.82) is 0 Å². The Kier molecular flexibility index (Phi) is 6.08. The molecule has 2 aromatic carbocycles.